The molecule has 0 atom stereocenters. The molecule has 0 heterocycles. The molecule has 4 aromatic carbocycles. The van der Waals surface area contributed by atoms with Gasteiger partial charge >= 0.3 is 0 Å². The number of hydrogen-bond acceptors (Lipinski definition) is 0. The van der Waals surface area contributed by atoms with Crippen LogP contribution in [0.1, 0.15) is 54.4 Å². The van der Waals surface area contributed by atoms with Crippen LogP contribution in [0.2, 0.25) is 0 Å². The molecule has 0 aromatic heterocycles. The second-order valence-electron chi connectivity index (χ2n) is 12.1. The third kappa shape index (κ3) is 2.25. The van der Waals surface area contributed by atoms with Crippen LogP contribution in [-0.2, 0) is 11.8 Å². The Hall–Kier alpha value is -3.12. The van der Waals surface area contributed by atoms with Crippen molar-refractivity contribution in [1.82, 2.24) is 0 Å². The summed E-state index contributed by atoms with van der Waals surface area (Å²) in [6, 6.07) is 32.9. The van der Waals surface area contributed by atoms with Gasteiger partial charge in [0.15, 0.2) is 0 Å². The minimum Gasteiger partial charge on any atom is -0.0619 e. The van der Waals surface area contributed by atoms with E-state index < -0.39 is 0 Å². The van der Waals surface area contributed by atoms with E-state index in [1.807, 2.05) is 0 Å². The van der Waals surface area contributed by atoms with Gasteiger partial charge in [-0.3, -0.25) is 0 Å². The number of rotatable bonds is 1. The van der Waals surface area contributed by atoms with Crippen LogP contribution < -0.4 is 0 Å². The first-order valence-electron chi connectivity index (χ1n) is 13.8. The maximum atomic E-state index is 2.53. The zero-order chi connectivity index (χ0) is 22.7. The molecule has 0 radical (unpaired) electrons. The van der Waals surface area contributed by atoms with Crippen LogP contribution in [0.5, 0.6) is 0 Å². The highest BCUT2D eigenvalue weighted by Crippen LogP contribution is 2.70. The molecule has 0 heteroatoms. The highest BCUT2D eigenvalue weighted by Gasteiger charge is 2.61. The molecule has 170 valence electrons. The molecule has 0 unspecified atom stereocenters. The normalized spacial score (nSPS) is 30.3. The van der Waals surface area contributed by atoms with Gasteiger partial charge in [0.25, 0.3) is 0 Å². The lowest BCUT2D eigenvalue weighted by molar-refractivity contribution is -0.0399. The second kappa shape index (κ2) is 6.55. The van der Waals surface area contributed by atoms with Crippen LogP contribution in [0.15, 0.2) is 84.9 Å². The van der Waals surface area contributed by atoms with E-state index in [0.717, 1.165) is 30.1 Å². The minimum atomic E-state index is 0.241. The van der Waals surface area contributed by atoms with Crippen molar-refractivity contribution in [1.29, 1.82) is 0 Å². The Balaban J connectivity index is 1.34. The van der Waals surface area contributed by atoms with Gasteiger partial charge in [-0.2, -0.15) is 0 Å². The molecule has 0 nitrogen and oxygen atoms in total. The van der Waals surface area contributed by atoms with E-state index in [4.69, 9.17) is 0 Å². The first-order valence-corrected chi connectivity index (χ1v) is 13.8. The second-order valence-corrected chi connectivity index (χ2v) is 12.1. The van der Waals surface area contributed by atoms with Gasteiger partial charge < -0.3 is 0 Å². The van der Waals surface area contributed by atoms with Gasteiger partial charge in [0.2, 0.25) is 0 Å². The van der Waals surface area contributed by atoms with Gasteiger partial charge in [0.1, 0.15) is 0 Å². The minimum absolute atomic E-state index is 0.241. The Kier molecular flexibility index (Phi) is 3.58. The molecule has 35 heavy (non-hydrogen) atoms. The maximum Gasteiger partial charge on any atom is 0.0272 e. The maximum absolute atomic E-state index is 2.53. The fourth-order valence-corrected chi connectivity index (χ4v) is 9.84. The van der Waals surface area contributed by atoms with Crippen LogP contribution in [0.4, 0.5) is 0 Å². The lowest BCUT2D eigenvalue weighted by atomic mass is 9.43. The lowest BCUT2D eigenvalue weighted by Crippen LogP contribution is -2.55. The number of hydrogen-bond donors (Lipinski definition) is 0. The summed E-state index contributed by atoms with van der Waals surface area (Å²) in [5.74, 6) is 3.60. The van der Waals surface area contributed by atoms with Gasteiger partial charge in [0.05, 0.1) is 0 Å². The summed E-state index contributed by atoms with van der Waals surface area (Å²) in [4.78, 5) is 0. The van der Waals surface area contributed by atoms with Crippen molar-refractivity contribution in [2.75, 3.05) is 0 Å². The molecule has 0 aliphatic heterocycles. The van der Waals surface area contributed by atoms with Gasteiger partial charge in [0, 0.05) is 5.41 Å². The van der Waals surface area contributed by atoms with Gasteiger partial charge in [-0.15, -0.1) is 0 Å². The van der Waals surface area contributed by atoms with Crippen molar-refractivity contribution in [3.8, 4) is 33.4 Å². The SMILES string of the molecule is c1ccc2c(c1)Cc1cccc(-c3cccc4c3-c3ccccc3C43C4CC5CC(C4)CC3C5)c1-2. The Morgan fingerprint density at radius 2 is 1.03 bits per heavy atom. The van der Waals surface area contributed by atoms with E-state index in [1.165, 1.54) is 71.0 Å². The first-order chi connectivity index (χ1) is 17.3. The highest BCUT2D eigenvalue weighted by molar-refractivity contribution is 5.99. The highest BCUT2D eigenvalue weighted by atomic mass is 14.6. The van der Waals surface area contributed by atoms with Crippen molar-refractivity contribution in [3.05, 3.63) is 107 Å². The molecule has 0 N–H and O–H groups in total. The zero-order valence-corrected chi connectivity index (χ0v) is 20.1. The summed E-state index contributed by atoms with van der Waals surface area (Å²) >= 11 is 0. The Labute approximate surface area is 208 Å². The van der Waals surface area contributed by atoms with E-state index in [2.05, 4.69) is 84.9 Å². The summed E-state index contributed by atoms with van der Waals surface area (Å²) in [6.07, 6.45) is 8.34. The number of benzene rings is 4. The predicted octanol–water partition coefficient (Wildman–Crippen LogP) is 8.65. The van der Waals surface area contributed by atoms with Gasteiger partial charge in [-0.05, 0) is 118 Å². The smallest absolute Gasteiger partial charge is 0.0272 e. The molecule has 6 aliphatic carbocycles. The van der Waals surface area contributed by atoms with E-state index in [-0.39, 0.29) is 5.41 Å². The average Bonchev–Trinajstić information content (AvgIpc) is 3.41. The summed E-state index contributed by atoms with van der Waals surface area (Å²) < 4.78 is 0. The van der Waals surface area contributed by atoms with Crippen LogP contribution in [-0.4, -0.2) is 0 Å². The predicted molar refractivity (Wildman–Crippen MR) is 143 cm³/mol. The van der Waals surface area contributed by atoms with E-state index >= 15 is 0 Å². The third-order valence-corrected chi connectivity index (χ3v) is 10.7. The molecule has 4 bridgehead atoms. The van der Waals surface area contributed by atoms with Crippen molar-refractivity contribution < 1.29 is 0 Å². The first kappa shape index (κ1) is 19.1. The fourth-order valence-electron chi connectivity index (χ4n) is 9.84. The third-order valence-electron chi connectivity index (χ3n) is 10.7. The summed E-state index contributed by atoms with van der Waals surface area (Å²) in [5, 5.41) is 0. The molecule has 1 spiro atoms. The standard InChI is InChI=1S/C35H30/c1-2-9-27-23(7-1)20-24-8-5-11-28(33(24)27)29-12-6-14-32-34(29)30-10-3-4-13-31(30)35(32)25-16-21-15-22(18-25)19-26(35)17-21/h1-14,21-22,25-26H,15-20H2. The molecule has 4 fully saturated rings. The Bertz CT molecular complexity index is 1510. The quantitative estimate of drug-likeness (QED) is 0.240. The number of fused-ring (bicyclic) bond motifs is 6. The summed E-state index contributed by atoms with van der Waals surface area (Å²) in [5.41, 5.74) is 15.4. The van der Waals surface area contributed by atoms with Gasteiger partial charge in [-0.25, -0.2) is 0 Å². The monoisotopic (exact) mass is 450 g/mol. The summed E-state index contributed by atoms with van der Waals surface area (Å²) in [7, 11) is 0. The molecule has 10 rings (SSSR count). The van der Waals surface area contributed by atoms with Crippen LogP contribution in [0.25, 0.3) is 33.4 Å². The fraction of sp³-hybridized carbons (Fsp3) is 0.314. The topological polar surface area (TPSA) is 0 Å². The van der Waals surface area contributed by atoms with Crippen LogP contribution >= 0.6 is 0 Å². The lowest BCUT2D eigenvalue weighted by Gasteiger charge is -2.61. The summed E-state index contributed by atoms with van der Waals surface area (Å²) in [6.45, 7) is 0. The molecule has 6 aliphatic rings. The van der Waals surface area contributed by atoms with E-state index in [0.29, 0.717) is 0 Å². The Morgan fingerprint density at radius 3 is 1.83 bits per heavy atom. The van der Waals surface area contributed by atoms with Crippen molar-refractivity contribution in [2.45, 2.75) is 43.9 Å². The largest absolute Gasteiger partial charge is 0.0619 e. The molecular weight excluding hydrogens is 420 g/mol. The molecule has 0 amide bonds. The van der Waals surface area contributed by atoms with E-state index in [9.17, 15) is 0 Å². The van der Waals surface area contributed by atoms with Crippen LogP contribution in [0.3, 0.4) is 0 Å². The molecular formula is C35H30. The van der Waals surface area contributed by atoms with Crippen molar-refractivity contribution in [3.63, 3.8) is 0 Å². The Morgan fingerprint density at radius 1 is 0.457 bits per heavy atom. The van der Waals surface area contributed by atoms with E-state index in [1.54, 1.807) is 16.7 Å². The average molecular weight is 451 g/mol. The zero-order valence-electron chi connectivity index (χ0n) is 20.1. The molecule has 4 aromatic rings. The van der Waals surface area contributed by atoms with Crippen LogP contribution in [0, 0.1) is 23.7 Å². The van der Waals surface area contributed by atoms with Crippen molar-refractivity contribution >= 4 is 0 Å². The van der Waals surface area contributed by atoms with Crippen molar-refractivity contribution in [2.24, 2.45) is 23.7 Å². The molecule has 0 saturated heterocycles. The van der Waals surface area contributed by atoms with Gasteiger partial charge in [-0.1, -0.05) is 84.9 Å². The molecule has 4 saturated carbocycles.